The van der Waals surface area contributed by atoms with E-state index in [0.29, 0.717) is 11.0 Å². The summed E-state index contributed by atoms with van der Waals surface area (Å²) < 4.78 is 6.54. The zero-order valence-electron chi connectivity index (χ0n) is 10.1. The van der Waals surface area contributed by atoms with Crippen LogP contribution in [0.1, 0.15) is 21.8 Å². The summed E-state index contributed by atoms with van der Waals surface area (Å²) in [4.78, 5) is 16.2. The van der Waals surface area contributed by atoms with Gasteiger partial charge in [-0.2, -0.15) is 0 Å². The summed E-state index contributed by atoms with van der Waals surface area (Å²) in [5.41, 5.74) is 1.60. The third kappa shape index (κ3) is 3.35. The summed E-state index contributed by atoms with van der Waals surface area (Å²) in [7, 11) is 0. The molecule has 0 radical (unpaired) electrons. The number of thioether (sulfide) groups is 1. The molecule has 0 saturated heterocycles. The van der Waals surface area contributed by atoms with Gasteiger partial charge in [-0.3, -0.25) is 4.79 Å². The molecule has 0 fully saturated rings. The van der Waals surface area contributed by atoms with E-state index in [2.05, 4.69) is 27.6 Å². The van der Waals surface area contributed by atoms with Crippen LogP contribution in [0.15, 0.2) is 33.9 Å². The standard InChI is InChI=1S/C13H12INO2S/c1-8-9(2)17-13(15-8)18-7-12(16)10-3-5-11(14)6-4-10/h3-6H,7H2,1-2H3. The number of benzene rings is 1. The maximum Gasteiger partial charge on any atom is 0.256 e. The zero-order valence-corrected chi connectivity index (χ0v) is 13.0. The lowest BCUT2D eigenvalue weighted by Gasteiger charge is -1.99. The molecule has 0 N–H and O–H groups in total. The minimum absolute atomic E-state index is 0.0879. The molecule has 0 bridgehead atoms. The lowest BCUT2D eigenvalue weighted by Crippen LogP contribution is -2.02. The van der Waals surface area contributed by atoms with Crippen LogP contribution < -0.4 is 0 Å². The third-order valence-electron chi connectivity index (χ3n) is 2.50. The molecule has 0 saturated carbocycles. The molecule has 5 heteroatoms. The zero-order chi connectivity index (χ0) is 13.1. The first-order chi connectivity index (χ1) is 8.56. The Kier molecular flexibility index (Phi) is 4.45. The SMILES string of the molecule is Cc1nc(SCC(=O)c2ccc(I)cc2)oc1C. The van der Waals surface area contributed by atoms with Crippen LogP contribution in [0.5, 0.6) is 0 Å². The molecule has 3 nitrogen and oxygen atoms in total. The van der Waals surface area contributed by atoms with Crippen LogP contribution in [0, 0.1) is 17.4 Å². The van der Waals surface area contributed by atoms with Gasteiger partial charge in [-0.05, 0) is 48.6 Å². The molecule has 0 aliphatic rings. The normalized spacial score (nSPS) is 10.6. The fraction of sp³-hybridized carbons (Fsp3) is 0.231. The molecular weight excluding hydrogens is 361 g/mol. The highest BCUT2D eigenvalue weighted by molar-refractivity contribution is 14.1. The molecule has 1 heterocycles. The molecule has 2 rings (SSSR count). The average molecular weight is 373 g/mol. The van der Waals surface area contributed by atoms with Crippen LogP contribution in [-0.2, 0) is 0 Å². The van der Waals surface area contributed by atoms with Gasteiger partial charge in [-0.25, -0.2) is 4.98 Å². The molecule has 1 aromatic carbocycles. The van der Waals surface area contributed by atoms with E-state index >= 15 is 0 Å². The summed E-state index contributed by atoms with van der Waals surface area (Å²) in [5, 5.41) is 0.559. The quantitative estimate of drug-likeness (QED) is 0.464. The van der Waals surface area contributed by atoms with Crippen LogP contribution in [-0.4, -0.2) is 16.5 Å². The number of carbonyl (C=O) groups is 1. The molecular formula is C13H12INO2S. The summed E-state index contributed by atoms with van der Waals surface area (Å²) in [6.07, 6.45) is 0. The highest BCUT2D eigenvalue weighted by atomic mass is 127. The highest BCUT2D eigenvalue weighted by Gasteiger charge is 2.10. The van der Waals surface area contributed by atoms with Crippen LogP contribution in [0.4, 0.5) is 0 Å². The Balaban J connectivity index is 1.98. The van der Waals surface area contributed by atoms with Crippen molar-refractivity contribution in [3.8, 4) is 0 Å². The second-order valence-corrected chi connectivity index (χ2v) is 6.01. The van der Waals surface area contributed by atoms with E-state index in [1.54, 1.807) is 0 Å². The smallest absolute Gasteiger partial charge is 0.256 e. The van der Waals surface area contributed by atoms with Gasteiger partial charge >= 0.3 is 0 Å². The maximum absolute atomic E-state index is 11.9. The molecule has 1 aromatic heterocycles. The van der Waals surface area contributed by atoms with Crippen LogP contribution >= 0.6 is 34.4 Å². The second-order valence-electron chi connectivity index (χ2n) is 3.84. The number of carbonyl (C=O) groups excluding carboxylic acids is 1. The van der Waals surface area contributed by atoms with Gasteiger partial charge in [0.1, 0.15) is 5.76 Å². The van der Waals surface area contributed by atoms with E-state index in [-0.39, 0.29) is 5.78 Å². The van der Waals surface area contributed by atoms with Crippen molar-refractivity contribution in [2.24, 2.45) is 0 Å². The van der Waals surface area contributed by atoms with Crippen molar-refractivity contribution in [3.05, 3.63) is 44.9 Å². The van der Waals surface area contributed by atoms with Gasteiger partial charge in [-0.1, -0.05) is 23.9 Å². The predicted molar refractivity (Wildman–Crippen MR) is 80.2 cm³/mol. The number of aryl methyl sites for hydroxylation is 2. The van der Waals surface area contributed by atoms with Crippen LogP contribution in [0.25, 0.3) is 0 Å². The summed E-state index contributed by atoms with van der Waals surface area (Å²) in [6, 6.07) is 7.54. The number of nitrogens with zero attached hydrogens (tertiary/aromatic N) is 1. The van der Waals surface area contributed by atoms with Crippen molar-refractivity contribution in [2.45, 2.75) is 19.1 Å². The topological polar surface area (TPSA) is 43.1 Å². The van der Waals surface area contributed by atoms with E-state index < -0.39 is 0 Å². The minimum Gasteiger partial charge on any atom is -0.437 e. The van der Waals surface area contributed by atoms with E-state index in [4.69, 9.17) is 4.42 Å². The molecule has 0 spiro atoms. The molecule has 0 atom stereocenters. The number of rotatable bonds is 4. The van der Waals surface area contributed by atoms with Crippen LogP contribution in [0.3, 0.4) is 0 Å². The largest absolute Gasteiger partial charge is 0.437 e. The Labute approximate surface area is 124 Å². The summed E-state index contributed by atoms with van der Waals surface area (Å²) >= 11 is 3.55. The third-order valence-corrected chi connectivity index (χ3v) is 4.05. The van der Waals surface area contributed by atoms with Crippen molar-refractivity contribution >= 4 is 40.1 Å². The van der Waals surface area contributed by atoms with Crippen molar-refractivity contribution < 1.29 is 9.21 Å². The Morgan fingerprint density at radius 3 is 2.56 bits per heavy atom. The number of aromatic nitrogens is 1. The average Bonchev–Trinajstić information content (AvgIpc) is 2.67. The van der Waals surface area contributed by atoms with E-state index in [1.165, 1.54) is 11.8 Å². The Morgan fingerprint density at radius 1 is 1.33 bits per heavy atom. The highest BCUT2D eigenvalue weighted by Crippen LogP contribution is 2.21. The molecule has 0 aliphatic heterocycles. The molecule has 0 unspecified atom stereocenters. The number of hydrogen-bond acceptors (Lipinski definition) is 4. The van der Waals surface area contributed by atoms with Gasteiger partial charge < -0.3 is 4.42 Å². The fourth-order valence-corrected chi connectivity index (χ4v) is 2.52. The Hall–Kier alpha value is -0.820. The first kappa shape index (κ1) is 13.6. The monoisotopic (exact) mass is 373 g/mol. The van der Waals surface area contributed by atoms with Crippen molar-refractivity contribution in [2.75, 3.05) is 5.75 Å². The number of hydrogen-bond donors (Lipinski definition) is 0. The van der Waals surface area contributed by atoms with Gasteiger partial charge in [0.25, 0.3) is 5.22 Å². The van der Waals surface area contributed by atoms with Gasteiger partial charge in [0.15, 0.2) is 5.78 Å². The first-order valence-corrected chi connectivity index (χ1v) is 7.48. The number of oxazole rings is 1. The number of ketones is 1. The first-order valence-electron chi connectivity index (χ1n) is 5.42. The molecule has 2 aromatic rings. The van der Waals surface area contributed by atoms with Gasteiger partial charge in [0.2, 0.25) is 0 Å². The van der Waals surface area contributed by atoms with Gasteiger partial charge in [0.05, 0.1) is 11.4 Å². The van der Waals surface area contributed by atoms with E-state index in [9.17, 15) is 4.79 Å². The minimum atomic E-state index is 0.0879. The number of halogens is 1. The lowest BCUT2D eigenvalue weighted by molar-refractivity contribution is 0.102. The fourth-order valence-electron chi connectivity index (χ4n) is 1.35. The Morgan fingerprint density at radius 2 is 2.00 bits per heavy atom. The molecule has 18 heavy (non-hydrogen) atoms. The Bertz CT molecular complexity index is 543. The molecule has 94 valence electrons. The molecule has 0 amide bonds. The number of Topliss-reactive ketones (excluding diaryl/α,β-unsaturated/α-hetero) is 1. The van der Waals surface area contributed by atoms with Crippen molar-refractivity contribution in [3.63, 3.8) is 0 Å². The van der Waals surface area contributed by atoms with Crippen molar-refractivity contribution in [1.82, 2.24) is 4.98 Å². The van der Waals surface area contributed by atoms with E-state index in [0.717, 1.165) is 20.6 Å². The van der Waals surface area contributed by atoms with Gasteiger partial charge in [0, 0.05) is 9.13 Å². The summed E-state index contributed by atoms with van der Waals surface area (Å²) in [5.74, 6) is 1.24. The van der Waals surface area contributed by atoms with Gasteiger partial charge in [-0.15, -0.1) is 0 Å². The summed E-state index contributed by atoms with van der Waals surface area (Å²) in [6.45, 7) is 3.76. The van der Waals surface area contributed by atoms with Crippen LogP contribution in [0.2, 0.25) is 0 Å². The molecule has 0 aliphatic carbocycles. The van der Waals surface area contributed by atoms with Crippen molar-refractivity contribution in [1.29, 1.82) is 0 Å². The van der Waals surface area contributed by atoms with E-state index in [1.807, 2.05) is 38.1 Å². The lowest BCUT2D eigenvalue weighted by atomic mass is 10.2. The second kappa shape index (κ2) is 5.88. The predicted octanol–water partition coefficient (Wildman–Crippen LogP) is 3.87. The maximum atomic E-state index is 11.9.